The van der Waals surface area contributed by atoms with Crippen molar-refractivity contribution >= 4 is 11.8 Å². The highest BCUT2D eigenvalue weighted by Crippen LogP contribution is 2.16. The lowest BCUT2D eigenvalue weighted by atomic mass is 10.0. The number of ether oxygens (including phenoxy) is 1. The van der Waals surface area contributed by atoms with Crippen molar-refractivity contribution in [3.8, 4) is 0 Å². The third-order valence-corrected chi connectivity index (χ3v) is 4.36. The van der Waals surface area contributed by atoms with Crippen molar-refractivity contribution in [1.29, 1.82) is 0 Å². The van der Waals surface area contributed by atoms with E-state index in [1.54, 1.807) is 47.1 Å². The van der Waals surface area contributed by atoms with E-state index in [2.05, 4.69) is 10.4 Å². The minimum absolute atomic E-state index is 0.208. The number of amides is 2. The molecule has 1 atom stereocenters. The molecule has 1 aliphatic heterocycles. The van der Waals surface area contributed by atoms with Gasteiger partial charge in [-0.05, 0) is 18.9 Å². The molecule has 1 N–H and O–H groups in total. The molecule has 0 saturated carbocycles. The van der Waals surface area contributed by atoms with E-state index in [0.29, 0.717) is 30.5 Å². The van der Waals surface area contributed by atoms with Gasteiger partial charge in [0.2, 0.25) is 0 Å². The van der Waals surface area contributed by atoms with E-state index in [9.17, 15) is 9.18 Å². The number of rotatable bonds is 5. The number of nitrogens with zero attached hydrogens (tertiary/aromatic N) is 3. The Kier molecular flexibility index (Phi) is 5.65. The van der Waals surface area contributed by atoms with Crippen molar-refractivity contribution < 1.29 is 13.9 Å². The zero-order valence-electron chi connectivity index (χ0n) is 14.3. The van der Waals surface area contributed by atoms with E-state index in [0.717, 1.165) is 19.4 Å². The largest absolute Gasteiger partial charge is 0.381 e. The zero-order valence-corrected chi connectivity index (χ0v) is 14.3. The number of urea groups is 1. The van der Waals surface area contributed by atoms with Gasteiger partial charge >= 0.3 is 6.03 Å². The van der Waals surface area contributed by atoms with Gasteiger partial charge < -0.3 is 9.64 Å². The topological polar surface area (TPSA) is 59.4 Å². The second-order valence-corrected chi connectivity index (χ2v) is 6.36. The van der Waals surface area contributed by atoms with Gasteiger partial charge in [0.15, 0.2) is 0 Å². The SMILES string of the molecule is CN(C[C@@H]1CCCOC1)C(=O)Nc1ccnn1Cc1ccccc1F. The van der Waals surface area contributed by atoms with E-state index in [1.807, 2.05) is 0 Å². The maximum absolute atomic E-state index is 13.8. The minimum Gasteiger partial charge on any atom is -0.381 e. The highest BCUT2D eigenvalue weighted by molar-refractivity contribution is 5.88. The molecule has 1 aromatic carbocycles. The molecule has 1 aromatic heterocycles. The molecule has 134 valence electrons. The van der Waals surface area contributed by atoms with Crippen molar-refractivity contribution in [1.82, 2.24) is 14.7 Å². The number of aromatic nitrogens is 2. The number of nitrogens with one attached hydrogen (secondary N) is 1. The summed E-state index contributed by atoms with van der Waals surface area (Å²) in [6.07, 6.45) is 3.70. The average molecular weight is 346 g/mol. The Morgan fingerprint density at radius 3 is 3.04 bits per heavy atom. The van der Waals surface area contributed by atoms with Gasteiger partial charge in [0.1, 0.15) is 11.6 Å². The van der Waals surface area contributed by atoms with Crippen molar-refractivity contribution in [2.45, 2.75) is 19.4 Å². The van der Waals surface area contributed by atoms with Crippen LogP contribution in [0, 0.1) is 11.7 Å². The zero-order chi connectivity index (χ0) is 17.6. The van der Waals surface area contributed by atoms with Crippen LogP contribution in [0.5, 0.6) is 0 Å². The fourth-order valence-electron chi connectivity index (χ4n) is 2.98. The Hall–Kier alpha value is -2.41. The molecule has 0 unspecified atom stereocenters. The highest BCUT2D eigenvalue weighted by atomic mass is 19.1. The van der Waals surface area contributed by atoms with Crippen LogP contribution < -0.4 is 5.32 Å². The van der Waals surface area contributed by atoms with Crippen LogP contribution in [0.4, 0.5) is 15.0 Å². The van der Waals surface area contributed by atoms with Gasteiger partial charge in [0.25, 0.3) is 0 Å². The summed E-state index contributed by atoms with van der Waals surface area (Å²) in [6.45, 7) is 2.41. The summed E-state index contributed by atoms with van der Waals surface area (Å²) in [7, 11) is 1.77. The smallest absolute Gasteiger partial charge is 0.322 e. The molecule has 1 saturated heterocycles. The lowest BCUT2D eigenvalue weighted by Crippen LogP contribution is -2.38. The number of carbonyl (C=O) groups excluding carboxylic acids is 1. The van der Waals surface area contributed by atoms with Gasteiger partial charge in [0, 0.05) is 37.7 Å². The van der Waals surface area contributed by atoms with E-state index in [4.69, 9.17) is 4.74 Å². The molecule has 7 heteroatoms. The number of hydrogen-bond acceptors (Lipinski definition) is 3. The lowest BCUT2D eigenvalue weighted by molar-refractivity contribution is 0.0464. The second-order valence-electron chi connectivity index (χ2n) is 6.36. The molecule has 3 rings (SSSR count). The van der Waals surface area contributed by atoms with Crippen LogP contribution in [0.3, 0.4) is 0 Å². The minimum atomic E-state index is -0.287. The van der Waals surface area contributed by atoms with E-state index < -0.39 is 0 Å². The summed E-state index contributed by atoms with van der Waals surface area (Å²) in [5, 5.41) is 7.02. The molecule has 1 fully saturated rings. The van der Waals surface area contributed by atoms with Crippen molar-refractivity contribution in [3.63, 3.8) is 0 Å². The first-order chi connectivity index (χ1) is 12.1. The van der Waals surface area contributed by atoms with Crippen molar-refractivity contribution in [2.24, 2.45) is 5.92 Å². The Morgan fingerprint density at radius 2 is 2.28 bits per heavy atom. The molecule has 2 heterocycles. The normalized spacial score (nSPS) is 17.3. The van der Waals surface area contributed by atoms with Crippen LogP contribution >= 0.6 is 0 Å². The van der Waals surface area contributed by atoms with Gasteiger partial charge in [-0.15, -0.1) is 0 Å². The average Bonchev–Trinajstić information content (AvgIpc) is 3.04. The maximum Gasteiger partial charge on any atom is 0.322 e. The second kappa shape index (κ2) is 8.11. The molecule has 0 spiro atoms. The molecule has 1 aliphatic rings. The van der Waals surface area contributed by atoms with Crippen molar-refractivity contribution in [3.05, 3.63) is 47.9 Å². The van der Waals surface area contributed by atoms with Crippen molar-refractivity contribution in [2.75, 3.05) is 32.1 Å². The lowest BCUT2D eigenvalue weighted by Gasteiger charge is -2.27. The van der Waals surface area contributed by atoms with Crippen LogP contribution in [0.1, 0.15) is 18.4 Å². The molecule has 2 amide bonds. The van der Waals surface area contributed by atoms with Gasteiger partial charge in [-0.25, -0.2) is 13.9 Å². The monoisotopic (exact) mass is 346 g/mol. The van der Waals surface area contributed by atoms with Crippen LogP contribution in [-0.2, 0) is 11.3 Å². The Balaban J connectivity index is 1.60. The molecule has 0 radical (unpaired) electrons. The quantitative estimate of drug-likeness (QED) is 0.905. The van der Waals surface area contributed by atoms with Gasteiger partial charge in [-0.3, -0.25) is 5.32 Å². The first-order valence-electron chi connectivity index (χ1n) is 8.48. The Labute approximate surface area is 146 Å². The third-order valence-electron chi connectivity index (χ3n) is 4.36. The number of hydrogen-bond donors (Lipinski definition) is 1. The summed E-state index contributed by atoms with van der Waals surface area (Å²) < 4.78 is 20.9. The molecular formula is C18H23FN4O2. The van der Waals surface area contributed by atoms with Gasteiger partial charge in [-0.1, -0.05) is 18.2 Å². The Bertz CT molecular complexity index is 713. The predicted molar refractivity (Wildman–Crippen MR) is 92.9 cm³/mol. The molecule has 0 bridgehead atoms. The maximum atomic E-state index is 13.8. The standard InChI is InChI=1S/C18H23FN4O2/c1-22(11-14-5-4-10-25-13-14)18(24)21-17-8-9-20-23(17)12-15-6-2-3-7-16(15)19/h2-3,6-9,14H,4-5,10-13H2,1H3,(H,21,24)/t14-/m0/s1. The van der Waals surface area contributed by atoms with Crippen LogP contribution in [0.15, 0.2) is 36.5 Å². The van der Waals surface area contributed by atoms with E-state index in [1.165, 1.54) is 6.07 Å². The number of benzene rings is 1. The summed E-state index contributed by atoms with van der Waals surface area (Å²) >= 11 is 0. The number of anilines is 1. The summed E-state index contributed by atoms with van der Waals surface area (Å²) in [4.78, 5) is 14.1. The Morgan fingerprint density at radius 1 is 1.44 bits per heavy atom. The highest BCUT2D eigenvalue weighted by Gasteiger charge is 2.19. The van der Waals surface area contributed by atoms with Gasteiger partial charge in [-0.2, -0.15) is 5.10 Å². The molecule has 2 aromatic rings. The third kappa shape index (κ3) is 4.57. The number of carbonyl (C=O) groups is 1. The predicted octanol–water partition coefficient (Wildman–Crippen LogP) is 2.96. The van der Waals surface area contributed by atoms with Crippen LogP contribution in [0.25, 0.3) is 0 Å². The first-order valence-corrected chi connectivity index (χ1v) is 8.48. The first kappa shape index (κ1) is 17.4. The summed E-state index contributed by atoms with van der Waals surface area (Å²) in [6, 6.07) is 8.04. The molecule has 25 heavy (non-hydrogen) atoms. The fraction of sp³-hybridized carbons (Fsp3) is 0.444. The van der Waals surface area contributed by atoms with Gasteiger partial charge in [0.05, 0.1) is 19.3 Å². The van der Waals surface area contributed by atoms with E-state index in [-0.39, 0.29) is 18.4 Å². The van der Waals surface area contributed by atoms with E-state index >= 15 is 0 Å². The summed E-state index contributed by atoms with van der Waals surface area (Å²) in [5.41, 5.74) is 0.523. The van der Waals surface area contributed by atoms with Crippen LogP contribution in [0.2, 0.25) is 0 Å². The summed E-state index contributed by atoms with van der Waals surface area (Å²) in [5.74, 6) is 0.623. The molecule has 0 aliphatic carbocycles. The fourth-order valence-corrected chi connectivity index (χ4v) is 2.98. The van der Waals surface area contributed by atoms with Crippen LogP contribution in [-0.4, -0.2) is 47.5 Å². The number of halogens is 1. The molecular weight excluding hydrogens is 323 g/mol. The molecule has 6 nitrogen and oxygen atoms in total.